The molecule has 1 heterocycles. The molecule has 6 nitrogen and oxygen atoms in total. The molecule has 2 aromatic rings. The SMILES string of the molecule is Cc1ccc(C(=O)NCCNc2nc[nH]c(=O)c2Br)cc1. The molecule has 2 rings (SSSR count). The van der Waals surface area contributed by atoms with Crippen molar-refractivity contribution < 1.29 is 4.79 Å². The maximum atomic E-state index is 11.9. The van der Waals surface area contributed by atoms with Crippen LogP contribution in [0.1, 0.15) is 15.9 Å². The van der Waals surface area contributed by atoms with Crippen LogP contribution in [0.5, 0.6) is 0 Å². The summed E-state index contributed by atoms with van der Waals surface area (Å²) in [6, 6.07) is 7.36. The second-order valence-electron chi connectivity index (χ2n) is 4.44. The first kappa shape index (κ1) is 15.2. The van der Waals surface area contributed by atoms with Crippen molar-refractivity contribution in [3.63, 3.8) is 0 Å². The first-order chi connectivity index (χ1) is 10.1. The Labute approximate surface area is 130 Å². The molecule has 0 saturated carbocycles. The van der Waals surface area contributed by atoms with E-state index in [1.165, 1.54) is 6.33 Å². The lowest BCUT2D eigenvalue weighted by molar-refractivity contribution is 0.0955. The summed E-state index contributed by atoms with van der Waals surface area (Å²) in [5.74, 6) is 0.318. The van der Waals surface area contributed by atoms with Crippen LogP contribution >= 0.6 is 15.9 Å². The average molecular weight is 351 g/mol. The quantitative estimate of drug-likeness (QED) is 0.716. The van der Waals surface area contributed by atoms with Gasteiger partial charge in [0, 0.05) is 18.7 Å². The number of carbonyl (C=O) groups excluding carboxylic acids is 1. The van der Waals surface area contributed by atoms with Crippen molar-refractivity contribution in [1.82, 2.24) is 15.3 Å². The van der Waals surface area contributed by atoms with Crippen LogP contribution in [0.2, 0.25) is 0 Å². The highest BCUT2D eigenvalue weighted by molar-refractivity contribution is 9.10. The minimum absolute atomic E-state index is 0.130. The summed E-state index contributed by atoms with van der Waals surface area (Å²) in [6.07, 6.45) is 1.32. The molecule has 0 aliphatic rings. The standard InChI is InChI=1S/C14H15BrN4O2/c1-9-2-4-10(5-3-9)13(20)17-7-6-16-12-11(15)14(21)19-8-18-12/h2-5,8H,6-7H2,1H3,(H,17,20)(H2,16,18,19,21). The van der Waals surface area contributed by atoms with Crippen LogP contribution in [0.25, 0.3) is 0 Å². The van der Waals surface area contributed by atoms with Crippen LogP contribution in [0.15, 0.2) is 39.9 Å². The van der Waals surface area contributed by atoms with E-state index in [2.05, 4.69) is 36.5 Å². The van der Waals surface area contributed by atoms with Gasteiger partial charge in [-0.1, -0.05) is 17.7 Å². The number of carbonyl (C=O) groups is 1. The predicted molar refractivity (Wildman–Crippen MR) is 84.6 cm³/mol. The number of aryl methyl sites for hydroxylation is 1. The van der Waals surface area contributed by atoms with Gasteiger partial charge in [0.25, 0.3) is 11.5 Å². The van der Waals surface area contributed by atoms with E-state index < -0.39 is 0 Å². The van der Waals surface area contributed by atoms with Crippen LogP contribution < -0.4 is 16.2 Å². The molecule has 110 valence electrons. The number of halogens is 1. The van der Waals surface area contributed by atoms with Gasteiger partial charge in [0.15, 0.2) is 0 Å². The molecular formula is C14H15BrN4O2. The fourth-order valence-electron chi connectivity index (χ4n) is 1.67. The lowest BCUT2D eigenvalue weighted by atomic mass is 10.1. The molecule has 1 amide bonds. The Balaban J connectivity index is 1.82. The van der Waals surface area contributed by atoms with Gasteiger partial charge in [0.1, 0.15) is 10.3 Å². The Hall–Kier alpha value is -2.15. The number of H-pyrrole nitrogens is 1. The number of benzene rings is 1. The van der Waals surface area contributed by atoms with Crippen molar-refractivity contribution in [3.05, 3.63) is 56.5 Å². The summed E-state index contributed by atoms with van der Waals surface area (Å²) in [5.41, 5.74) is 1.48. The van der Waals surface area contributed by atoms with Crippen molar-refractivity contribution in [2.45, 2.75) is 6.92 Å². The summed E-state index contributed by atoms with van der Waals surface area (Å²) >= 11 is 3.15. The third-order valence-corrected chi connectivity index (χ3v) is 3.55. The largest absolute Gasteiger partial charge is 0.367 e. The van der Waals surface area contributed by atoms with E-state index in [0.29, 0.717) is 28.9 Å². The first-order valence-electron chi connectivity index (χ1n) is 6.40. The highest BCUT2D eigenvalue weighted by atomic mass is 79.9. The number of hydrogen-bond donors (Lipinski definition) is 3. The Kier molecular flexibility index (Phi) is 5.10. The van der Waals surface area contributed by atoms with Crippen molar-refractivity contribution in [1.29, 1.82) is 0 Å². The van der Waals surface area contributed by atoms with Crippen LogP contribution in [0, 0.1) is 6.92 Å². The summed E-state index contributed by atoms with van der Waals surface area (Å²) in [6.45, 7) is 2.86. The number of nitrogens with zero attached hydrogens (tertiary/aromatic N) is 1. The third-order valence-electron chi connectivity index (χ3n) is 2.81. The summed E-state index contributed by atoms with van der Waals surface area (Å²) in [4.78, 5) is 29.7. The highest BCUT2D eigenvalue weighted by Gasteiger charge is 2.06. The summed E-state index contributed by atoms with van der Waals surface area (Å²) < 4.78 is 0.342. The number of anilines is 1. The molecule has 0 bridgehead atoms. The molecule has 0 spiro atoms. The second kappa shape index (κ2) is 7.03. The van der Waals surface area contributed by atoms with Crippen molar-refractivity contribution >= 4 is 27.7 Å². The number of nitrogens with one attached hydrogen (secondary N) is 3. The smallest absolute Gasteiger partial charge is 0.267 e. The van der Waals surface area contributed by atoms with Crippen LogP contribution in [-0.2, 0) is 0 Å². The van der Waals surface area contributed by atoms with Gasteiger partial charge in [-0.2, -0.15) is 0 Å². The van der Waals surface area contributed by atoms with Gasteiger partial charge < -0.3 is 15.6 Å². The van der Waals surface area contributed by atoms with Crippen LogP contribution in [-0.4, -0.2) is 29.0 Å². The Morgan fingerprint density at radius 1 is 1.29 bits per heavy atom. The third kappa shape index (κ3) is 4.16. The van der Waals surface area contributed by atoms with E-state index in [-0.39, 0.29) is 11.5 Å². The Bertz CT molecular complexity index is 682. The zero-order valence-electron chi connectivity index (χ0n) is 11.4. The number of hydrogen-bond acceptors (Lipinski definition) is 4. The van der Waals surface area contributed by atoms with Crippen LogP contribution in [0.3, 0.4) is 0 Å². The topological polar surface area (TPSA) is 86.9 Å². The molecule has 3 N–H and O–H groups in total. The van der Waals surface area contributed by atoms with Gasteiger partial charge in [0.2, 0.25) is 0 Å². The summed E-state index contributed by atoms with van der Waals surface area (Å²) in [7, 11) is 0. The van der Waals surface area contributed by atoms with Gasteiger partial charge in [0.05, 0.1) is 6.33 Å². The lowest BCUT2D eigenvalue weighted by Crippen LogP contribution is -2.29. The Morgan fingerprint density at radius 2 is 2.00 bits per heavy atom. The zero-order chi connectivity index (χ0) is 15.2. The number of rotatable bonds is 5. The molecule has 0 saturated heterocycles. The van der Waals surface area contributed by atoms with Gasteiger partial charge in [-0.3, -0.25) is 9.59 Å². The molecule has 21 heavy (non-hydrogen) atoms. The molecule has 1 aromatic heterocycles. The maximum Gasteiger partial charge on any atom is 0.267 e. The minimum Gasteiger partial charge on any atom is -0.367 e. The maximum absolute atomic E-state index is 11.9. The molecule has 0 aliphatic carbocycles. The van der Waals surface area contributed by atoms with Gasteiger partial charge in [-0.05, 0) is 35.0 Å². The number of amides is 1. The molecule has 0 atom stereocenters. The fourth-order valence-corrected chi connectivity index (χ4v) is 2.03. The lowest BCUT2D eigenvalue weighted by Gasteiger charge is -2.08. The van der Waals surface area contributed by atoms with Gasteiger partial charge >= 0.3 is 0 Å². The van der Waals surface area contributed by atoms with Crippen molar-refractivity contribution in [3.8, 4) is 0 Å². The minimum atomic E-state index is -0.254. The molecule has 0 radical (unpaired) electrons. The molecule has 0 unspecified atom stereocenters. The van der Waals surface area contributed by atoms with Crippen molar-refractivity contribution in [2.24, 2.45) is 0 Å². The Morgan fingerprint density at radius 3 is 2.71 bits per heavy atom. The monoisotopic (exact) mass is 350 g/mol. The van der Waals surface area contributed by atoms with E-state index in [4.69, 9.17) is 0 Å². The van der Waals surface area contributed by atoms with E-state index in [0.717, 1.165) is 5.56 Å². The van der Waals surface area contributed by atoms with Gasteiger partial charge in [-0.15, -0.1) is 0 Å². The molecular weight excluding hydrogens is 336 g/mol. The number of aromatic nitrogens is 2. The average Bonchev–Trinajstić information content (AvgIpc) is 2.48. The normalized spacial score (nSPS) is 10.2. The molecule has 1 aromatic carbocycles. The van der Waals surface area contributed by atoms with Gasteiger partial charge in [-0.25, -0.2) is 4.98 Å². The zero-order valence-corrected chi connectivity index (χ0v) is 13.0. The predicted octanol–water partition coefficient (Wildman–Crippen LogP) is 1.68. The van der Waals surface area contributed by atoms with E-state index in [1.54, 1.807) is 12.1 Å². The first-order valence-corrected chi connectivity index (χ1v) is 7.19. The fraction of sp³-hybridized carbons (Fsp3) is 0.214. The second-order valence-corrected chi connectivity index (χ2v) is 5.24. The molecule has 0 aliphatic heterocycles. The van der Waals surface area contributed by atoms with Crippen LogP contribution in [0.4, 0.5) is 5.82 Å². The van der Waals surface area contributed by atoms with E-state index in [1.807, 2.05) is 19.1 Å². The number of aromatic amines is 1. The highest BCUT2D eigenvalue weighted by Crippen LogP contribution is 2.12. The van der Waals surface area contributed by atoms with E-state index >= 15 is 0 Å². The molecule has 0 fully saturated rings. The van der Waals surface area contributed by atoms with Crippen molar-refractivity contribution in [2.75, 3.05) is 18.4 Å². The van der Waals surface area contributed by atoms with E-state index in [9.17, 15) is 9.59 Å². The molecule has 7 heteroatoms. The summed E-state index contributed by atoms with van der Waals surface area (Å²) in [5, 5.41) is 5.77.